The zero-order valence-corrected chi connectivity index (χ0v) is 9.97. The van der Waals surface area contributed by atoms with E-state index in [0.29, 0.717) is 5.92 Å². The number of aromatic nitrogens is 2. The summed E-state index contributed by atoms with van der Waals surface area (Å²) in [5.41, 5.74) is 0. The summed E-state index contributed by atoms with van der Waals surface area (Å²) in [7, 11) is 0. The number of nitrogens with zero attached hydrogens (tertiary/aromatic N) is 2. The van der Waals surface area contributed by atoms with Gasteiger partial charge >= 0.3 is 0 Å². The molecule has 0 saturated heterocycles. The standard InChI is InChI=1S/C11H15ClFN3/c1-7-4-2-3-5-9(7)15-10-8(13)6-14-11(12)16-10/h6-7,9H,2-5H2,1H3,(H,14,15,16)/t7-,9?/m1/s1. The van der Waals surface area contributed by atoms with E-state index in [4.69, 9.17) is 11.6 Å². The van der Waals surface area contributed by atoms with E-state index in [1.165, 1.54) is 19.3 Å². The number of hydrogen-bond donors (Lipinski definition) is 1. The van der Waals surface area contributed by atoms with Crippen LogP contribution in [0.4, 0.5) is 10.2 Å². The second-order valence-corrected chi connectivity index (χ2v) is 4.69. The molecule has 0 aromatic carbocycles. The summed E-state index contributed by atoms with van der Waals surface area (Å²) in [6.07, 6.45) is 5.78. The van der Waals surface area contributed by atoms with Crippen molar-refractivity contribution in [1.82, 2.24) is 9.97 Å². The lowest BCUT2D eigenvalue weighted by molar-refractivity contribution is 0.348. The highest BCUT2D eigenvalue weighted by atomic mass is 35.5. The summed E-state index contributed by atoms with van der Waals surface area (Å²) in [5.74, 6) is 0.322. The van der Waals surface area contributed by atoms with Crippen LogP contribution in [-0.4, -0.2) is 16.0 Å². The molecule has 2 atom stereocenters. The van der Waals surface area contributed by atoms with Crippen LogP contribution in [-0.2, 0) is 0 Å². The highest BCUT2D eigenvalue weighted by Gasteiger charge is 2.22. The SMILES string of the molecule is C[C@@H]1CCCCC1Nc1nc(Cl)ncc1F. The van der Waals surface area contributed by atoms with Crippen molar-refractivity contribution in [3.8, 4) is 0 Å². The van der Waals surface area contributed by atoms with Gasteiger partial charge in [0.05, 0.1) is 6.20 Å². The minimum Gasteiger partial charge on any atom is -0.364 e. The van der Waals surface area contributed by atoms with E-state index in [1.54, 1.807) is 0 Å². The van der Waals surface area contributed by atoms with Crippen molar-refractivity contribution in [2.24, 2.45) is 5.92 Å². The Bertz CT molecular complexity index is 372. The maximum atomic E-state index is 13.4. The average Bonchev–Trinajstić information content (AvgIpc) is 2.27. The normalized spacial score (nSPS) is 25.4. The quantitative estimate of drug-likeness (QED) is 0.811. The van der Waals surface area contributed by atoms with Gasteiger partial charge in [0.1, 0.15) is 0 Å². The Morgan fingerprint density at radius 3 is 2.94 bits per heavy atom. The van der Waals surface area contributed by atoms with Gasteiger partial charge in [-0.25, -0.2) is 9.37 Å². The van der Waals surface area contributed by atoms with Crippen LogP contribution < -0.4 is 5.32 Å². The van der Waals surface area contributed by atoms with Crippen molar-refractivity contribution < 1.29 is 4.39 Å². The van der Waals surface area contributed by atoms with E-state index >= 15 is 0 Å². The van der Waals surface area contributed by atoms with E-state index in [2.05, 4.69) is 22.2 Å². The maximum Gasteiger partial charge on any atom is 0.224 e. The molecule has 0 bridgehead atoms. The van der Waals surface area contributed by atoms with Gasteiger partial charge in [-0.2, -0.15) is 4.98 Å². The van der Waals surface area contributed by atoms with Crippen LogP contribution in [0.5, 0.6) is 0 Å². The highest BCUT2D eigenvalue weighted by molar-refractivity contribution is 6.28. The molecule has 0 spiro atoms. The van der Waals surface area contributed by atoms with Crippen molar-refractivity contribution >= 4 is 17.4 Å². The second kappa shape index (κ2) is 4.95. The average molecular weight is 244 g/mol. The molecule has 3 nitrogen and oxygen atoms in total. The van der Waals surface area contributed by atoms with Crippen LogP contribution in [0.2, 0.25) is 5.28 Å². The predicted molar refractivity (Wildman–Crippen MR) is 62.0 cm³/mol. The Hall–Kier alpha value is -0.900. The largest absolute Gasteiger partial charge is 0.364 e. The van der Waals surface area contributed by atoms with Crippen molar-refractivity contribution in [3.63, 3.8) is 0 Å². The Morgan fingerprint density at radius 1 is 1.44 bits per heavy atom. The van der Waals surface area contributed by atoms with Crippen LogP contribution >= 0.6 is 11.6 Å². The lowest BCUT2D eigenvalue weighted by Crippen LogP contribution is -2.31. The minimum absolute atomic E-state index is 0.0763. The van der Waals surface area contributed by atoms with Gasteiger partial charge < -0.3 is 5.32 Å². The second-order valence-electron chi connectivity index (χ2n) is 4.35. The molecular formula is C11H15ClFN3. The van der Waals surface area contributed by atoms with E-state index in [-0.39, 0.29) is 17.1 Å². The van der Waals surface area contributed by atoms with Gasteiger partial charge in [0.2, 0.25) is 5.28 Å². The van der Waals surface area contributed by atoms with Crippen LogP contribution in [0.15, 0.2) is 6.20 Å². The smallest absolute Gasteiger partial charge is 0.224 e. The first-order valence-corrected chi connectivity index (χ1v) is 5.99. The van der Waals surface area contributed by atoms with Gasteiger partial charge in [-0.3, -0.25) is 0 Å². The first-order chi connectivity index (χ1) is 7.66. The van der Waals surface area contributed by atoms with E-state index in [1.807, 2.05) is 0 Å². The Balaban J connectivity index is 2.10. The monoisotopic (exact) mass is 243 g/mol. The van der Waals surface area contributed by atoms with Crippen molar-refractivity contribution in [1.29, 1.82) is 0 Å². The summed E-state index contributed by atoms with van der Waals surface area (Å²) >= 11 is 5.64. The van der Waals surface area contributed by atoms with Crippen LogP contribution in [0.1, 0.15) is 32.6 Å². The minimum atomic E-state index is -0.442. The third-order valence-corrected chi connectivity index (χ3v) is 3.33. The molecule has 1 aromatic rings. The molecule has 0 aliphatic heterocycles. The van der Waals surface area contributed by atoms with Gasteiger partial charge in [0.15, 0.2) is 11.6 Å². The molecule has 1 fully saturated rings. The first-order valence-electron chi connectivity index (χ1n) is 5.61. The third kappa shape index (κ3) is 2.61. The molecule has 16 heavy (non-hydrogen) atoms. The molecule has 1 N–H and O–H groups in total. The molecule has 1 aliphatic carbocycles. The molecule has 0 radical (unpaired) electrons. The van der Waals surface area contributed by atoms with E-state index in [9.17, 15) is 4.39 Å². The van der Waals surface area contributed by atoms with Gasteiger partial charge in [0, 0.05) is 6.04 Å². The van der Waals surface area contributed by atoms with Gasteiger partial charge in [0.25, 0.3) is 0 Å². The maximum absolute atomic E-state index is 13.4. The van der Waals surface area contributed by atoms with Crippen LogP contribution in [0.25, 0.3) is 0 Å². The lowest BCUT2D eigenvalue weighted by Gasteiger charge is -2.29. The Morgan fingerprint density at radius 2 is 2.19 bits per heavy atom. The third-order valence-electron chi connectivity index (χ3n) is 3.15. The molecule has 1 aliphatic rings. The Kier molecular flexibility index (Phi) is 3.59. The molecule has 88 valence electrons. The van der Waals surface area contributed by atoms with Gasteiger partial charge in [-0.15, -0.1) is 0 Å². The fourth-order valence-corrected chi connectivity index (χ4v) is 2.29. The zero-order valence-electron chi connectivity index (χ0n) is 9.21. The van der Waals surface area contributed by atoms with Gasteiger partial charge in [-0.05, 0) is 30.4 Å². The van der Waals surface area contributed by atoms with E-state index in [0.717, 1.165) is 12.6 Å². The fourth-order valence-electron chi connectivity index (χ4n) is 2.15. The number of halogens is 2. The molecule has 1 unspecified atom stereocenters. The first kappa shape index (κ1) is 11.6. The van der Waals surface area contributed by atoms with Crippen molar-refractivity contribution in [3.05, 3.63) is 17.3 Å². The molecule has 1 aromatic heterocycles. The van der Waals surface area contributed by atoms with Crippen LogP contribution in [0, 0.1) is 11.7 Å². The van der Waals surface area contributed by atoms with E-state index < -0.39 is 5.82 Å². The lowest BCUT2D eigenvalue weighted by atomic mass is 9.86. The van der Waals surface area contributed by atoms with Crippen LogP contribution in [0.3, 0.4) is 0 Å². The molecule has 1 heterocycles. The summed E-state index contributed by atoms with van der Waals surface area (Å²) in [4.78, 5) is 7.46. The summed E-state index contributed by atoms with van der Waals surface area (Å²) in [6.45, 7) is 2.18. The molecular weight excluding hydrogens is 229 g/mol. The number of rotatable bonds is 2. The summed E-state index contributed by atoms with van der Waals surface area (Å²) in [6, 6.07) is 0.286. The Labute approximate surface area is 99.4 Å². The molecule has 0 amide bonds. The summed E-state index contributed by atoms with van der Waals surface area (Å²) in [5, 5.41) is 3.21. The molecule has 2 rings (SSSR count). The predicted octanol–water partition coefficient (Wildman–Crippen LogP) is 3.26. The topological polar surface area (TPSA) is 37.8 Å². The molecule has 1 saturated carbocycles. The van der Waals surface area contributed by atoms with Crippen molar-refractivity contribution in [2.75, 3.05) is 5.32 Å². The zero-order chi connectivity index (χ0) is 11.5. The number of anilines is 1. The molecule has 5 heteroatoms. The fraction of sp³-hybridized carbons (Fsp3) is 0.636. The van der Waals surface area contributed by atoms with Crippen molar-refractivity contribution in [2.45, 2.75) is 38.6 Å². The van der Waals surface area contributed by atoms with Gasteiger partial charge in [-0.1, -0.05) is 19.8 Å². The number of hydrogen-bond acceptors (Lipinski definition) is 3. The highest BCUT2D eigenvalue weighted by Crippen LogP contribution is 2.27. The number of nitrogens with one attached hydrogen (secondary N) is 1. The summed E-state index contributed by atoms with van der Waals surface area (Å²) < 4.78 is 13.4.